The third-order valence-corrected chi connectivity index (χ3v) is 14.1. The summed E-state index contributed by atoms with van der Waals surface area (Å²) in [6.45, 7) is 6.87. The third kappa shape index (κ3) is 54.0. The molecule has 9 nitrogen and oxygen atoms in total. The second-order valence-corrected chi connectivity index (χ2v) is 23.0. The van der Waals surface area contributed by atoms with Crippen molar-refractivity contribution in [3.05, 3.63) is 85.1 Å². The van der Waals surface area contributed by atoms with Crippen molar-refractivity contribution in [2.24, 2.45) is 0 Å². The highest BCUT2D eigenvalue weighted by molar-refractivity contribution is 7.47. The lowest BCUT2D eigenvalue weighted by Crippen LogP contribution is -2.47. The van der Waals surface area contributed by atoms with E-state index in [-0.39, 0.29) is 31.5 Å². The first-order valence-electron chi connectivity index (χ1n) is 30.4. The highest BCUT2D eigenvalue weighted by atomic mass is 31.2. The maximum Gasteiger partial charge on any atom is 0.472 e. The van der Waals surface area contributed by atoms with Gasteiger partial charge in [0.15, 0.2) is 0 Å². The van der Waals surface area contributed by atoms with Gasteiger partial charge in [0.05, 0.1) is 33.8 Å². The molecule has 0 aromatic rings. The average molecular weight is 1060 g/mol. The molecular weight excluding hydrogens is 940 g/mol. The number of nitrogens with zero attached hydrogens (tertiary/aromatic N) is 1. The normalized spacial score (nSPS) is 14.3. The van der Waals surface area contributed by atoms with E-state index in [1.807, 2.05) is 33.3 Å². The number of allylic oxidation sites excluding steroid dienone is 13. The molecular formula is C64H116N2O7P+. The Morgan fingerprint density at radius 2 is 0.865 bits per heavy atom. The van der Waals surface area contributed by atoms with Gasteiger partial charge >= 0.3 is 13.8 Å². The molecule has 0 fully saturated rings. The summed E-state index contributed by atoms with van der Waals surface area (Å²) in [5.41, 5.74) is 0. The van der Waals surface area contributed by atoms with Gasteiger partial charge in [-0.3, -0.25) is 18.6 Å². The summed E-state index contributed by atoms with van der Waals surface area (Å²) >= 11 is 0. The summed E-state index contributed by atoms with van der Waals surface area (Å²) in [5, 5.41) is 3.04. The van der Waals surface area contributed by atoms with E-state index in [0.717, 1.165) is 89.9 Å². The molecule has 0 aromatic carbocycles. The number of hydrogen-bond donors (Lipinski definition) is 2. The monoisotopic (exact) mass is 1060 g/mol. The number of likely N-dealkylation sites (N-methyl/N-ethyl adjacent to an activating group) is 1. The lowest BCUT2D eigenvalue weighted by Gasteiger charge is -2.27. The van der Waals surface area contributed by atoms with Crippen LogP contribution in [0.5, 0.6) is 0 Å². The van der Waals surface area contributed by atoms with E-state index in [0.29, 0.717) is 23.9 Å². The summed E-state index contributed by atoms with van der Waals surface area (Å²) in [5.74, 6) is -0.554. The van der Waals surface area contributed by atoms with Crippen molar-refractivity contribution in [2.45, 2.75) is 270 Å². The topological polar surface area (TPSA) is 111 Å². The lowest BCUT2D eigenvalue weighted by atomic mass is 10.0. The number of nitrogens with one attached hydrogen (secondary N) is 1. The molecule has 0 aromatic heterocycles. The second-order valence-electron chi connectivity index (χ2n) is 21.5. The van der Waals surface area contributed by atoms with Gasteiger partial charge < -0.3 is 19.4 Å². The van der Waals surface area contributed by atoms with E-state index in [2.05, 4.69) is 99.0 Å². The molecule has 0 spiro atoms. The van der Waals surface area contributed by atoms with Gasteiger partial charge in [-0.05, 0) is 83.1 Å². The number of quaternary nitrogens is 1. The first kappa shape index (κ1) is 71.2. The fourth-order valence-corrected chi connectivity index (χ4v) is 9.15. The zero-order chi connectivity index (χ0) is 54.3. The van der Waals surface area contributed by atoms with E-state index >= 15 is 0 Å². The SMILES string of the molecule is CC/C=C\C/C=C\C/C=C\C/C=C\C/C=C\C/C=C\CCCCC(=O)OC(/C=C/CCCCCCCCCCC)C(COP(=O)(O)OCC[N+](C)(C)C)NC(=O)CCCCCCCCCCCCCCCCCC. The molecule has 0 aliphatic heterocycles. The Hall–Kier alpha value is -2.81. The Kier molecular flexibility index (Phi) is 51.5. The standard InChI is InChI=1S/C64H115N2O7P/c1-7-10-13-16-19-22-25-27-29-31-32-33-34-35-37-39-42-45-48-51-54-57-64(68)73-62(55-52-49-46-43-40-24-21-18-15-12-9-3)61(60-72-74(69,70)71-59-58-66(4,5)6)65-63(67)56-53-50-47-44-41-38-36-30-28-26-23-20-17-14-11-8-2/h10,13,19,22,27,29,32-33,35,37,42,45,52,55,61-62H,7-9,11-12,14-18,20-21,23-26,28,30-31,34,36,38-41,43-44,46-51,53-54,56-60H2,1-6H3,(H-,65,67,69,70)/p+1/b13-10-,22-19-,29-27-,33-32-,37-35-,45-42-,55-52+. The summed E-state index contributed by atoms with van der Waals surface area (Å²) in [6, 6.07) is -0.867. The van der Waals surface area contributed by atoms with Gasteiger partial charge in [-0.2, -0.15) is 0 Å². The number of esters is 1. The summed E-state index contributed by atoms with van der Waals surface area (Å²) in [4.78, 5) is 37.6. The largest absolute Gasteiger partial charge is 0.472 e. The Balaban J connectivity index is 5.32. The number of rotatable bonds is 54. The maximum absolute atomic E-state index is 13.5. The van der Waals surface area contributed by atoms with Crippen molar-refractivity contribution in [3.8, 4) is 0 Å². The number of ether oxygens (including phenoxy) is 1. The Morgan fingerprint density at radius 3 is 1.31 bits per heavy atom. The smallest absolute Gasteiger partial charge is 0.456 e. The summed E-state index contributed by atoms with van der Waals surface area (Å²) in [7, 11) is 1.47. The van der Waals surface area contributed by atoms with E-state index in [4.69, 9.17) is 13.8 Å². The van der Waals surface area contributed by atoms with E-state index in [1.165, 1.54) is 128 Å². The minimum Gasteiger partial charge on any atom is -0.456 e. The van der Waals surface area contributed by atoms with Crippen LogP contribution in [-0.4, -0.2) is 74.3 Å². The zero-order valence-corrected chi connectivity index (χ0v) is 49.7. The van der Waals surface area contributed by atoms with Crippen molar-refractivity contribution in [1.82, 2.24) is 5.32 Å². The van der Waals surface area contributed by atoms with Crippen LogP contribution in [0.15, 0.2) is 85.1 Å². The van der Waals surface area contributed by atoms with Crippen LogP contribution < -0.4 is 5.32 Å². The summed E-state index contributed by atoms with van der Waals surface area (Å²) in [6.07, 6.45) is 70.1. The first-order valence-corrected chi connectivity index (χ1v) is 31.9. The molecule has 2 N–H and O–H groups in total. The van der Waals surface area contributed by atoms with Crippen molar-refractivity contribution in [2.75, 3.05) is 40.9 Å². The maximum atomic E-state index is 13.5. The third-order valence-electron chi connectivity index (χ3n) is 13.1. The highest BCUT2D eigenvalue weighted by Gasteiger charge is 2.30. The van der Waals surface area contributed by atoms with Gasteiger partial charge in [-0.15, -0.1) is 0 Å². The molecule has 10 heteroatoms. The fourth-order valence-electron chi connectivity index (χ4n) is 8.41. The molecule has 3 unspecified atom stereocenters. The second kappa shape index (κ2) is 53.6. The van der Waals surface area contributed by atoms with Crippen molar-refractivity contribution in [1.29, 1.82) is 0 Å². The molecule has 0 saturated carbocycles. The minimum atomic E-state index is -4.46. The molecule has 0 radical (unpaired) electrons. The number of hydrogen-bond acceptors (Lipinski definition) is 6. The molecule has 3 atom stereocenters. The van der Waals surface area contributed by atoms with Crippen LogP contribution in [0, 0.1) is 0 Å². The number of unbranched alkanes of at least 4 members (excludes halogenated alkanes) is 26. The Morgan fingerprint density at radius 1 is 0.486 bits per heavy atom. The molecule has 1 amide bonds. The predicted octanol–water partition coefficient (Wildman–Crippen LogP) is 18.6. The predicted molar refractivity (Wildman–Crippen MR) is 318 cm³/mol. The number of phosphoric acid groups is 1. The van der Waals surface area contributed by atoms with E-state index in [1.54, 1.807) is 0 Å². The van der Waals surface area contributed by atoms with Crippen LogP contribution in [0.4, 0.5) is 0 Å². The highest BCUT2D eigenvalue weighted by Crippen LogP contribution is 2.43. The zero-order valence-electron chi connectivity index (χ0n) is 48.8. The van der Waals surface area contributed by atoms with Gasteiger partial charge in [-0.25, -0.2) is 4.57 Å². The van der Waals surface area contributed by atoms with Crippen LogP contribution in [0.3, 0.4) is 0 Å². The van der Waals surface area contributed by atoms with Crippen LogP contribution >= 0.6 is 7.82 Å². The molecule has 0 heterocycles. The van der Waals surface area contributed by atoms with Crippen LogP contribution in [0.2, 0.25) is 0 Å². The molecule has 428 valence electrons. The average Bonchev–Trinajstić information content (AvgIpc) is 3.36. The van der Waals surface area contributed by atoms with Crippen molar-refractivity contribution in [3.63, 3.8) is 0 Å². The lowest BCUT2D eigenvalue weighted by molar-refractivity contribution is -0.870. The Bertz CT molecular complexity index is 1540. The van der Waals surface area contributed by atoms with Crippen molar-refractivity contribution >= 4 is 19.7 Å². The van der Waals surface area contributed by atoms with Crippen LogP contribution in [0.1, 0.15) is 258 Å². The quantitative estimate of drug-likeness (QED) is 0.0205. The van der Waals surface area contributed by atoms with Gasteiger partial charge in [0.1, 0.15) is 19.3 Å². The van der Waals surface area contributed by atoms with Crippen LogP contribution in [0.25, 0.3) is 0 Å². The van der Waals surface area contributed by atoms with E-state index in [9.17, 15) is 19.0 Å². The molecule has 0 bridgehead atoms. The number of phosphoric ester groups is 1. The molecule has 0 rings (SSSR count). The van der Waals surface area contributed by atoms with Gasteiger partial charge in [0.25, 0.3) is 0 Å². The molecule has 0 saturated heterocycles. The summed E-state index contributed by atoms with van der Waals surface area (Å²) < 4.78 is 30.6. The minimum absolute atomic E-state index is 0.0309. The Labute approximate surface area is 456 Å². The number of carbonyl (C=O) groups excluding carboxylic acids is 2. The molecule has 74 heavy (non-hydrogen) atoms. The molecule has 0 aliphatic rings. The fraction of sp³-hybridized carbons (Fsp3) is 0.750. The van der Waals surface area contributed by atoms with E-state index < -0.39 is 20.0 Å². The van der Waals surface area contributed by atoms with Gasteiger partial charge in [-0.1, -0.05) is 247 Å². The molecule has 0 aliphatic carbocycles. The van der Waals surface area contributed by atoms with Crippen molar-refractivity contribution < 1.29 is 37.3 Å². The van der Waals surface area contributed by atoms with Crippen LogP contribution in [-0.2, 0) is 27.9 Å². The van der Waals surface area contributed by atoms with Gasteiger partial charge in [0, 0.05) is 12.8 Å². The van der Waals surface area contributed by atoms with Gasteiger partial charge in [0.2, 0.25) is 5.91 Å². The number of carbonyl (C=O) groups is 2. The number of amides is 1. The first-order chi connectivity index (χ1) is 35.9.